The Labute approximate surface area is 143 Å². The molecule has 0 spiro atoms. The van der Waals surface area contributed by atoms with Crippen molar-refractivity contribution >= 4 is 17.5 Å². The number of hydrogen-bond acceptors (Lipinski definition) is 1. The molecule has 2 aromatic rings. The summed E-state index contributed by atoms with van der Waals surface area (Å²) in [5.41, 5.74) is 2.16. The summed E-state index contributed by atoms with van der Waals surface area (Å²) in [5, 5.41) is 3.72. The summed E-state index contributed by atoms with van der Waals surface area (Å²) >= 11 is 6.11. The fourth-order valence-corrected chi connectivity index (χ4v) is 3.17. The van der Waals surface area contributed by atoms with Crippen molar-refractivity contribution in [1.82, 2.24) is 5.32 Å². The summed E-state index contributed by atoms with van der Waals surface area (Å²) in [6.07, 6.45) is 1.20. The molecule has 122 valence electrons. The van der Waals surface area contributed by atoms with Crippen LogP contribution in [0.3, 0.4) is 0 Å². The molecule has 0 saturated heterocycles. The van der Waals surface area contributed by atoms with E-state index in [0.29, 0.717) is 11.4 Å². The van der Waals surface area contributed by atoms with Gasteiger partial charge in [-0.3, -0.25) is 4.79 Å². The molecule has 0 aliphatic rings. The Kier molecular flexibility index (Phi) is 5.84. The first-order valence-electron chi connectivity index (χ1n) is 7.97. The van der Waals surface area contributed by atoms with Crippen LogP contribution in [0.5, 0.6) is 0 Å². The highest BCUT2D eigenvalue weighted by atomic mass is 35.5. The predicted molar refractivity (Wildman–Crippen MR) is 96.8 cm³/mol. The van der Waals surface area contributed by atoms with E-state index in [9.17, 15) is 4.79 Å². The maximum Gasteiger partial charge on any atom is 0.224 e. The number of carbonyl (C=O) groups excluding carboxylic acids is 1. The van der Waals surface area contributed by atoms with E-state index in [1.54, 1.807) is 0 Å². The molecule has 2 rings (SSSR count). The van der Waals surface area contributed by atoms with Gasteiger partial charge in [-0.05, 0) is 36.0 Å². The molecule has 0 aliphatic carbocycles. The van der Waals surface area contributed by atoms with Gasteiger partial charge in [-0.1, -0.05) is 74.0 Å². The zero-order chi connectivity index (χ0) is 16.9. The van der Waals surface area contributed by atoms with Gasteiger partial charge in [-0.15, -0.1) is 0 Å². The molecular formula is C20H24ClNO. The second-order valence-corrected chi connectivity index (χ2v) is 7.10. The van der Waals surface area contributed by atoms with Crippen molar-refractivity contribution in [3.05, 3.63) is 70.7 Å². The smallest absolute Gasteiger partial charge is 0.224 e. The lowest BCUT2D eigenvalue weighted by molar-refractivity contribution is -0.121. The summed E-state index contributed by atoms with van der Waals surface area (Å²) in [6, 6.07) is 18.0. The van der Waals surface area contributed by atoms with Crippen LogP contribution in [0.25, 0.3) is 0 Å². The summed E-state index contributed by atoms with van der Waals surface area (Å²) in [5.74, 6) is 0.00876. The number of amides is 1. The summed E-state index contributed by atoms with van der Waals surface area (Å²) in [4.78, 5) is 12.2. The van der Waals surface area contributed by atoms with Crippen LogP contribution < -0.4 is 5.32 Å². The van der Waals surface area contributed by atoms with Gasteiger partial charge in [0.05, 0.1) is 6.42 Å². The first kappa shape index (κ1) is 17.6. The highest BCUT2D eigenvalue weighted by molar-refractivity contribution is 6.31. The minimum atomic E-state index is 0.00876. The molecule has 0 saturated carbocycles. The molecule has 0 heterocycles. The summed E-state index contributed by atoms with van der Waals surface area (Å²) in [6.45, 7) is 6.47. The third-order valence-electron chi connectivity index (χ3n) is 4.09. The Morgan fingerprint density at radius 3 is 2.35 bits per heavy atom. The molecule has 1 atom stereocenters. The van der Waals surface area contributed by atoms with E-state index < -0.39 is 0 Å². The third-order valence-corrected chi connectivity index (χ3v) is 4.46. The number of carbonyl (C=O) groups is 1. The van der Waals surface area contributed by atoms with Gasteiger partial charge in [0.2, 0.25) is 5.91 Å². The monoisotopic (exact) mass is 329 g/mol. The second kappa shape index (κ2) is 7.65. The number of halogens is 1. The van der Waals surface area contributed by atoms with Gasteiger partial charge in [-0.2, -0.15) is 0 Å². The summed E-state index contributed by atoms with van der Waals surface area (Å²) < 4.78 is 0. The minimum Gasteiger partial charge on any atom is -0.353 e. The molecule has 0 unspecified atom stereocenters. The fraction of sp³-hybridized carbons (Fsp3) is 0.350. The van der Waals surface area contributed by atoms with Crippen LogP contribution in [0, 0.1) is 0 Å². The zero-order valence-corrected chi connectivity index (χ0v) is 14.7. The Morgan fingerprint density at radius 2 is 1.70 bits per heavy atom. The van der Waals surface area contributed by atoms with Crippen molar-refractivity contribution in [2.24, 2.45) is 0 Å². The van der Waals surface area contributed by atoms with Crippen LogP contribution in [0.4, 0.5) is 0 Å². The Bertz CT molecular complexity index is 652. The Balaban J connectivity index is 1.93. The van der Waals surface area contributed by atoms with Gasteiger partial charge in [0.25, 0.3) is 0 Å². The van der Waals surface area contributed by atoms with Crippen molar-refractivity contribution in [3.8, 4) is 0 Å². The molecule has 23 heavy (non-hydrogen) atoms. The number of benzene rings is 2. The standard InChI is InChI=1S/C20H24ClNO/c1-15(14-20(2,3)17-10-5-4-6-11-17)22-19(23)13-16-9-7-8-12-18(16)21/h4-12,15H,13-14H2,1-3H3,(H,22,23)/t15-/m1/s1. The van der Waals surface area contributed by atoms with Crippen LogP contribution in [-0.4, -0.2) is 11.9 Å². The number of nitrogens with one attached hydrogen (secondary N) is 1. The Hall–Kier alpha value is -1.80. The lowest BCUT2D eigenvalue weighted by atomic mass is 9.79. The van der Waals surface area contributed by atoms with E-state index in [4.69, 9.17) is 11.6 Å². The van der Waals surface area contributed by atoms with Gasteiger partial charge in [-0.25, -0.2) is 0 Å². The van der Waals surface area contributed by atoms with Crippen molar-refractivity contribution in [3.63, 3.8) is 0 Å². The molecule has 0 fully saturated rings. The molecule has 0 aromatic heterocycles. The lowest BCUT2D eigenvalue weighted by Gasteiger charge is -2.29. The van der Waals surface area contributed by atoms with Crippen LogP contribution >= 0.6 is 11.6 Å². The van der Waals surface area contributed by atoms with Crippen molar-refractivity contribution in [1.29, 1.82) is 0 Å². The van der Waals surface area contributed by atoms with E-state index in [1.807, 2.05) is 30.3 Å². The van der Waals surface area contributed by atoms with Crippen LogP contribution in [0.2, 0.25) is 5.02 Å². The molecule has 0 radical (unpaired) electrons. The van der Waals surface area contributed by atoms with Crippen molar-refractivity contribution in [2.75, 3.05) is 0 Å². The van der Waals surface area contributed by atoms with Crippen LogP contribution in [0.1, 0.15) is 38.3 Å². The quantitative estimate of drug-likeness (QED) is 0.813. The largest absolute Gasteiger partial charge is 0.353 e. The molecule has 2 nitrogen and oxygen atoms in total. The lowest BCUT2D eigenvalue weighted by Crippen LogP contribution is -2.38. The number of hydrogen-bond donors (Lipinski definition) is 1. The van der Waals surface area contributed by atoms with E-state index >= 15 is 0 Å². The van der Waals surface area contributed by atoms with Crippen molar-refractivity contribution in [2.45, 2.75) is 45.1 Å². The van der Waals surface area contributed by atoms with Gasteiger partial charge in [0.1, 0.15) is 0 Å². The SMILES string of the molecule is C[C@H](CC(C)(C)c1ccccc1)NC(=O)Cc1ccccc1Cl. The van der Waals surface area contributed by atoms with Gasteiger partial charge >= 0.3 is 0 Å². The second-order valence-electron chi connectivity index (χ2n) is 6.69. The van der Waals surface area contributed by atoms with E-state index in [2.05, 4.69) is 50.4 Å². The highest BCUT2D eigenvalue weighted by Crippen LogP contribution is 2.28. The molecular weight excluding hydrogens is 306 g/mol. The van der Waals surface area contributed by atoms with E-state index in [0.717, 1.165) is 12.0 Å². The fourth-order valence-electron chi connectivity index (χ4n) is 2.96. The van der Waals surface area contributed by atoms with Gasteiger partial charge in [0, 0.05) is 11.1 Å². The highest BCUT2D eigenvalue weighted by Gasteiger charge is 2.24. The van der Waals surface area contributed by atoms with E-state index in [1.165, 1.54) is 5.56 Å². The third kappa shape index (κ3) is 5.11. The maximum absolute atomic E-state index is 12.2. The molecule has 1 amide bonds. The molecule has 2 aromatic carbocycles. The average molecular weight is 330 g/mol. The number of rotatable bonds is 6. The van der Waals surface area contributed by atoms with Crippen LogP contribution in [-0.2, 0) is 16.6 Å². The van der Waals surface area contributed by atoms with E-state index in [-0.39, 0.29) is 17.4 Å². The predicted octanol–water partition coefficient (Wildman–Crippen LogP) is 4.76. The Morgan fingerprint density at radius 1 is 1.09 bits per heavy atom. The topological polar surface area (TPSA) is 29.1 Å². The summed E-state index contributed by atoms with van der Waals surface area (Å²) in [7, 11) is 0. The van der Waals surface area contributed by atoms with Crippen molar-refractivity contribution < 1.29 is 4.79 Å². The molecule has 0 bridgehead atoms. The average Bonchev–Trinajstić information content (AvgIpc) is 2.50. The van der Waals surface area contributed by atoms with Crippen LogP contribution in [0.15, 0.2) is 54.6 Å². The van der Waals surface area contributed by atoms with Gasteiger partial charge < -0.3 is 5.32 Å². The minimum absolute atomic E-state index is 0.00876. The molecule has 3 heteroatoms. The zero-order valence-electron chi connectivity index (χ0n) is 14.0. The normalized spacial score (nSPS) is 12.7. The maximum atomic E-state index is 12.2. The first-order valence-corrected chi connectivity index (χ1v) is 8.34. The first-order chi connectivity index (χ1) is 10.9. The van der Waals surface area contributed by atoms with Gasteiger partial charge in [0.15, 0.2) is 0 Å². The molecule has 0 aliphatic heterocycles. The molecule has 1 N–H and O–H groups in total.